The average Bonchev–Trinajstić information content (AvgIpc) is 3.01. The number of pyridine rings is 2. The lowest BCUT2D eigenvalue weighted by Crippen LogP contribution is -1.72. The van der Waals surface area contributed by atoms with E-state index < -0.39 is 0 Å². The minimum atomic E-state index is -0.0895. The smallest absolute Gasteiger partial charge is 0.241 e. The number of azo groups is 2. The van der Waals surface area contributed by atoms with E-state index in [0.717, 1.165) is 0 Å². The molecular weight excluding hydrogens is 300 g/mol. The Morgan fingerprint density at radius 1 is 0.696 bits per heavy atom. The number of hydrogen-bond donors (Lipinski definition) is 2. The van der Waals surface area contributed by atoms with Crippen LogP contribution in [0.3, 0.4) is 0 Å². The van der Waals surface area contributed by atoms with Gasteiger partial charge in [-0.25, -0.2) is 9.97 Å². The van der Waals surface area contributed by atoms with Crippen molar-refractivity contribution in [3.63, 3.8) is 0 Å². The average molecular weight is 310 g/mol. The van der Waals surface area contributed by atoms with Crippen LogP contribution in [-0.2, 0) is 0 Å². The van der Waals surface area contributed by atoms with E-state index in [1.54, 1.807) is 12.1 Å². The van der Waals surface area contributed by atoms with Crippen molar-refractivity contribution in [3.8, 4) is 11.5 Å². The molecule has 3 rings (SSSR count). The molecule has 3 aromatic heterocycles. The van der Waals surface area contributed by atoms with Gasteiger partial charge in [0.25, 0.3) is 0 Å². The third-order valence-electron chi connectivity index (χ3n) is 2.60. The van der Waals surface area contributed by atoms with Crippen LogP contribution >= 0.6 is 0 Å². The number of aromatic hydroxyl groups is 2. The van der Waals surface area contributed by atoms with Gasteiger partial charge >= 0.3 is 0 Å². The third-order valence-corrected chi connectivity index (χ3v) is 2.60. The van der Waals surface area contributed by atoms with Crippen molar-refractivity contribution < 1.29 is 14.6 Å². The Bertz CT molecular complexity index is 804. The monoisotopic (exact) mass is 310 g/mol. The topological polar surface area (TPSA) is 129 Å². The predicted molar refractivity (Wildman–Crippen MR) is 78.9 cm³/mol. The van der Waals surface area contributed by atoms with Crippen molar-refractivity contribution in [2.45, 2.75) is 0 Å². The van der Waals surface area contributed by atoms with Crippen LogP contribution in [0.1, 0.15) is 0 Å². The van der Waals surface area contributed by atoms with Crippen molar-refractivity contribution in [3.05, 3.63) is 48.8 Å². The molecule has 114 valence electrons. The first-order valence-corrected chi connectivity index (χ1v) is 6.43. The van der Waals surface area contributed by atoms with Crippen LogP contribution in [-0.4, -0.2) is 20.2 Å². The zero-order chi connectivity index (χ0) is 16.1. The molecule has 0 radical (unpaired) electrons. The fourth-order valence-electron chi connectivity index (χ4n) is 1.55. The van der Waals surface area contributed by atoms with Crippen molar-refractivity contribution >= 4 is 23.4 Å². The van der Waals surface area contributed by atoms with Gasteiger partial charge in [0.15, 0.2) is 11.5 Å². The fraction of sp³-hybridized carbons (Fsp3) is 0. The highest BCUT2D eigenvalue weighted by Crippen LogP contribution is 2.29. The number of rotatable bonds is 4. The summed E-state index contributed by atoms with van der Waals surface area (Å²) < 4.78 is 5.27. The minimum absolute atomic E-state index is 0.0745. The Hall–Kier alpha value is -3.62. The lowest BCUT2D eigenvalue weighted by molar-refractivity contribution is 0.473. The number of hydrogen-bond acceptors (Lipinski definition) is 9. The van der Waals surface area contributed by atoms with Gasteiger partial charge in [-0.3, -0.25) is 0 Å². The van der Waals surface area contributed by atoms with Crippen LogP contribution in [0.4, 0.5) is 23.4 Å². The summed E-state index contributed by atoms with van der Waals surface area (Å²) in [5, 5.41) is 34.2. The highest BCUT2D eigenvalue weighted by molar-refractivity contribution is 5.44. The van der Waals surface area contributed by atoms with Crippen LogP contribution in [0.25, 0.3) is 0 Å². The summed E-state index contributed by atoms with van der Waals surface area (Å²) in [5.41, 5.74) is 0. The van der Waals surface area contributed by atoms with E-state index in [1.165, 1.54) is 36.7 Å². The van der Waals surface area contributed by atoms with Crippen LogP contribution in [0.15, 0.2) is 73.7 Å². The number of nitrogens with zero attached hydrogens (tertiary/aromatic N) is 6. The van der Waals surface area contributed by atoms with Gasteiger partial charge in [0, 0.05) is 24.5 Å². The standard InChI is InChI=1S/C14H10N6O3/c21-9-3-1-7-15-13(9)19-17-11-5-6-12(23-11)18-20-14-10(22)4-2-8-16-14/h1-8,21-22H/b19-17+,20-18+. The normalized spacial score (nSPS) is 11.5. The first kappa shape index (κ1) is 14.3. The quantitative estimate of drug-likeness (QED) is 0.693. The fourth-order valence-corrected chi connectivity index (χ4v) is 1.55. The lowest BCUT2D eigenvalue weighted by Gasteiger charge is -1.93. The van der Waals surface area contributed by atoms with Crippen LogP contribution < -0.4 is 0 Å². The molecule has 0 spiro atoms. The first-order valence-electron chi connectivity index (χ1n) is 6.43. The Kier molecular flexibility index (Phi) is 4.01. The van der Waals surface area contributed by atoms with Crippen molar-refractivity contribution in [2.75, 3.05) is 0 Å². The molecule has 0 unspecified atom stereocenters. The molecule has 0 saturated carbocycles. The number of furan rings is 1. The summed E-state index contributed by atoms with van der Waals surface area (Å²) >= 11 is 0. The molecule has 0 fully saturated rings. The minimum Gasteiger partial charge on any atom is -0.504 e. The molecule has 0 aliphatic heterocycles. The first-order chi connectivity index (χ1) is 11.2. The van der Waals surface area contributed by atoms with E-state index in [9.17, 15) is 10.2 Å². The summed E-state index contributed by atoms with van der Waals surface area (Å²) in [4.78, 5) is 7.71. The second kappa shape index (κ2) is 6.43. The molecule has 2 N–H and O–H groups in total. The van der Waals surface area contributed by atoms with E-state index in [4.69, 9.17) is 4.42 Å². The Labute approximate surface area is 129 Å². The molecule has 3 heterocycles. The van der Waals surface area contributed by atoms with Gasteiger partial charge < -0.3 is 14.6 Å². The zero-order valence-electron chi connectivity index (χ0n) is 11.6. The maximum atomic E-state index is 9.52. The summed E-state index contributed by atoms with van der Waals surface area (Å²) in [5.74, 6) is 0.293. The highest BCUT2D eigenvalue weighted by atomic mass is 16.4. The van der Waals surface area contributed by atoms with E-state index >= 15 is 0 Å². The van der Waals surface area contributed by atoms with Gasteiger partial charge in [0.1, 0.15) is 0 Å². The van der Waals surface area contributed by atoms with Gasteiger partial charge in [-0.15, -0.1) is 20.5 Å². The van der Waals surface area contributed by atoms with Gasteiger partial charge in [0.05, 0.1) is 0 Å². The molecule has 0 bridgehead atoms. The maximum absolute atomic E-state index is 9.52. The van der Waals surface area contributed by atoms with Crippen LogP contribution in [0.2, 0.25) is 0 Å². The molecule has 0 aliphatic rings. The number of aromatic nitrogens is 2. The summed E-state index contributed by atoms with van der Waals surface area (Å²) in [6.07, 6.45) is 2.96. The lowest BCUT2D eigenvalue weighted by atomic mass is 10.4. The summed E-state index contributed by atoms with van der Waals surface area (Å²) in [6, 6.07) is 9.09. The summed E-state index contributed by atoms with van der Waals surface area (Å²) in [6.45, 7) is 0. The molecule has 3 aromatic rings. The largest absolute Gasteiger partial charge is 0.504 e. The summed E-state index contributed by atoms with van der Waals surface area (Å²) in [7, 11) is 0. The molecule has 0 aromatic carbocycles. The SMILES string of the molecule is Oc1cccnc1/N=N/c1ccc(/N=N/c2ncccc2O)o1. The molecule has 0 saturated heterocycles. The van der Waals surface area contributed by atoms with Crippen LogP contribution in [0.5, 0.6) is 11.5 Å². The van der Waals surface area contributed by atoms with Gasteiger partial charge in [-0.1, -0.05) is 0 Å². The van der Waals surface area contributed by atoms with E-state index in [2.05, 4.69) is 30.4 Å². The highest BCUT2D eigenvalue weighted by Gasteiger charge is 2.03. The zero-order valence-corrected chi connectivity index (χ0v) is 11.6. The van der Waals surface area contributed by atoms with E-state index in [0.29, 0.717) is 0 Å². The molecule has 0 amide bonds. The maximum Gasteiger partial charge on any atom is 0.241 e. The second-order valence-electron chi connectivity index (χ2n) is 4.20. The Balaban J connectivity index is 1.74. The van der Waals surface area contributed by atoms with Gasteiger partial charge in [-0.2, -0.15) is 0 Å². The Morgan fingerprint density at radius 3 is 1.61 bits per heavy atom. The molecule has 0 atom stereocenters. The third kappa shape index (κ3) is 3.53. The molecule has 0 aliphatic carbocycles. The molecule has 23 heavy (non-hydrogen) atoms. The van der Waals surface area contributed by atoms with Gasteiger partial charge in [0.2, 0.25) is 23.4 Å². The second-order valence-corrected chi connectivity index (χ2v) is 4.20. The predicted octanol–water partition coefficient (Wildman–Crippen LogP) is 4.31. The Morgan fingerprint density at radius 2 is 1.17 bits per heavy atom. The molecule has 9 heteroatoms. The van der Waals surface area contributed by atoms with Crippen molar-refractivity contribution in [1.82, 2.24) is 9.97 Å². The van der Waals surface area contributed by atoms with Gasteiger partial charge in [-0.05, 0) is 24.3 Å². The molecule has 9 nitrogen and oxygen atoms in total. The van der Waals surface area contributed by atoms with Crippen molar-refractivity contribution in [2.24, 2.45) is 20.5 Å². The van der Waals surface area contributed by atoms with E-state index in [-0.39, 0.29) is 34.9 Å². The van der Waals surface area contributed by atoms with Crippen LogP contribution in [0, 0.1) is 0 Å². The van der Waals surface area contributed by atoms with Crippen molar-refractivity contribution in [1.29, 1.82) is 0 Å². The van der Waals surface area contributed by atoms with E-state index in [1.807, 2.05) is 0 Å². The molecular formula is C14H10N6O3.